The van der Waals surface area contributed by atoms with Crippen LogP contribution in [0.1, 0.15) is 45.4 Å². The minimum Gasteiger partial charge on any atom is -0.481 e. The van der Waals surface area contributed by atoms with Gasteiger partial charge in [0, 0.05) is 19.1 Å². The molecule has 2 heterocycles. The number of carboxylic acid groups (broad SMARTS) is 1. The van der Waals surface area contributed by atoms with Crippen LogP contribution >= 0.6 is 0 Å². The number of aliphatic carboxylic acids is 1. The summed E-state index contributed by atoms with van der Waals surface area (Å²) in [4.78, 5) is 26.7. The monoisotopic (exact) mass is 254 g/mol. The highest BCUT2D eigenvalue weighted by molar-refractivity contribution is 5.78. The van der Waals surface area contributed by atoms with Gasteiger partial charge in [0.2, 0.25) is 0 Å². The van der Waals surface area contributed by atoms with Crippen LogP contribution in [0.3, 0.4) is 0 Å². The van der Waals surface area contributed by atoms with Crippen LogP contribution in [-0.4, -0.2) is 52.1 Å². The molecule has 2 rings (SSSR count). The highest BCUT2D eigenvalue weighted by Crippen LogP contribution is 2.26. The standard InChI is InChI=1S/C13H22N2O3/c1-10(8-12(16)17)15-9-11-6-4-2-3-5-7-14(11)13(15)18/h10-11H,2-9H2,1H3,(H,16,17)/t10-,11+/m1/s1. The lowest BCUT2D eigenvalue weighted by atomic mass is 10.0. The van der Waals surface area contributed by atoms with Crippen LogP contribution in [0.15, 0.2) is 0 Å². The van der Waals surface area contributed by atoms with Crippen molar-refractivity contribution < 1.29 is 14.7 Å². The molecule has 0 aromatic carbocycles. The molecule has 18 heavy (non-hydrogen) atoms. The Morgan fingerprint density at radius 1 is 1.39 bits per heavy atom. The van der Waals surface area contributed by atoms with E-state index >= 15 is 0 Å². The highest BCUT2D eigenvalue weighted by atomic mass is 16.4. The minimum absolute atomic E-state index is 0.0340. The summed E-state index contributed by atoms with van der Waals surface area (Å²) in [6.45, 7) is 3.36. The van der Waals surface area contributed by atoms with Crippen LogP contribution in [-0.2, 0) is 4.79 Å². The van der Waals surface area contributed by atoms with Gasteiger partial charge in [-0.05, 0) is 19.8 Å². The fourth-order valence-corrected chi connectivity index (χ4v) is 3.00. The first-order valence-electron chi connectivity index (χ1n) is 6.88. The molecule has 1 N–H and O–H groups in total. The smallest absolute Gasteiger partial charge is 0.320 e. The number of carboxylic acids is 1. The van der Waals surface area contributed by atoms with E-state index in [9.17, 15) is 9.59 Å². The third-order valence-electron chi connectivity index (χ3n) is 4.03. The summed E-state index contributed by atoms with van der Waals surface area (Å²) >= 11 is 0. The second kappa shape index (κ2) is 5.59. The number of urea groups is 1. The number of amides is 2. The summed E-state index contributed by atoms with van der Waals surface area (Å²) in [6.07, 6.45) is 5.79. The Morgan fingerprint density at radius 2 is 2.11 bits per heavy atom. The van der Waals surface area contributed by atoms with Crippen LogP contribution in [0.4, 0.5) is 4.79 Å². The highest BCUT2D eigenvalue weighted by Gasteiger charge is 2.39. The Kier molecular flexibility index (Phi) is 4.09. The van der Waals surface area contributed by atoms with E-state index in [1.165, 1.54) is 19.3 Å². The van der Waals surface area contributed by atoms with Crippen LogP contribution < -0.4 is 0 Å². The van der Waals surface area contributed by atoms with Gasteiger partial charge in [-0.15, -0.1) is 0 Å². The molecule has 2 atom stereocenters. The van der Waals surface area contributed by atoms with Gasteiger partial charge in [0.15, 0.2) is 0 Å². The molecule has 5 nitrogen and oxygen atoms in total. The Hall–Kier alpha value is -1.26. The van der Waals surface area contributed by atoms with Crippen molar-refractivity contribution in [1.82, 2.24) is 9.80 Å². The average Bonchev–Trinajstić information content (AvgIpc) is 2.54. The predicted molar refractivity (Wildman–Crippen MR) is 67.4 cm³/mol. The quantitative estimate of drug-likeness (QED) is 0.837. The maximum atomic E-state index is 12.3. The van der Waals surface area contributed by atoms with Crippen molar-refractivity contribution in [2.24, 2.45) is 0 Å². The molecule has 102 valence electrons. The third-order valence-corrected chi connectivity index (χ3v) is 4.03. The second-order valence-corrected chi connectivity index (χ2v) is 5.43. The first-order chi connectivity index (χ1) is 8.59. The minimum atomic E-state index is -0.838. The van der Waals surface area contributed by atoms with Gasteiger partial charge in [-0.2, -0.15) is 0 Å². The second-order valence-electron chi connectivity index (χ2n) is 5.43. The van der Waals surface area contributed by atoms with Crippen LogP contribution in [0, 0.1) is 0 Å². The molecular formula is C13H22N2O3. The van der Waals surface area contributed by atoms with Crippen molar-refractivity contribution >= 4 is 12.0 Å². The normalized spacial score (nSPS) is 26.5. The zero-order chi connectivity index (χ0) is 13.1. The van der Waals surface area contributed by atoms with Gasteiger partial charge in [0.05, 0.1) is 12.5 Å². The van der Waals surface area contributed by atoms with E-state index in [4.69, 9.17) is 5.11 Å². The lowest BCUT2D eigenvalue weighted by Crippen LogP contribution is -2.39. The molecule has 5 heteroatoms. The molecule has 0 spiro atoms. The van der Waals surface area contributed by atoms with Gasteiger partial charge in [0.1, 0.15) is 0 Å². The molecule has 2 amide bonds. The van der Waals surface area contributed by atoms with E-state index in [-0.39, 0.29) is 18.5 Å². The number of hydrogen-bond acceptors (Lipinski definition) is 2. The molecule has 0 radical (unpaired) electrons. The van der Waals surface area contributed by atoms with Crippen molar-refractivity contribution in [3.8, 4) is 0 Å². The van der Waals surface area contributed by atoms with Gasteiger partial charge in [-0.25, -0.2) is 4.79 Å². The zero-order valence-electron chi connectivity index (χ0n) is 11.0. The molecule has 0 aromatic rings. The van der Waals surface area contributed by atoms with Gasteiger partial charge in [-0.1, -0.05) is 19.3 Å². The van der Waals surface area contributed by atoms with Crippen molar-refractivity contribution in [3.05, 3.63) is 0 Å². The van der Waals surface area contributed by atoms with Crippen LogP contribution in [0.5, 0.6) is 0 Å². The van der Waals surface area contributed by atoms with E-state index in [0.717, 1.165) is 19.4 Å². The van der Waals surface area contributed by atoms with Gasteiger partial charge >= 0.3 is 12.0 Å². The zero-order valence-corrected chi connectivity index (χ0v) is 11.0. The van der Waals surface area contributed by atoms with Crippen molar-refractivity contribution in [2.45, 2.75) is 57.5 Å². The SMILES string of the molecule is C[C@H](CC(=O)O)N1C[C@@H]2CCCCCCN2C1=O. The summed E-state index contributed by atoms with van der Waals surface area (Å²) in [7, 11) is 0. The predicted octanol–water partition coefficient (Wildman–Crippen LogP) is 1.92. The Morgan fingerprint density at radius 3 is 2.83 bits per heavy atom. The summed E-state index contributed by atoms with van der Waals surface area (Å²) in [5, 5.41) is 8.83. The van der Waals surface area contributed by atoms with E-state index in [1.54, 1.807) is 4.90 Å². The number of hydrogen-bond donors (Lipinski definition) is 1. The fraction of sp³-hybridized carbons (Fsp3) is 0.846. The molecule has 2 aliphatic heterocycles. The Bertz CT molecular complexity index is 332. The molecule has 0 aliphatic carbocycles. The fourth-order valence-electron chi connectivity index (χ4n) is 3.00. The lowest BCUT2D eigenvalue weighted by molar-refractivity contribution is -0.137. The number of fused-ring (bicyclic) bond motifs is 1. The largest absolute Gasteiger partial charge is 0.481 e. The Labute approximate surface area is 108 Å². The maximum Gasteiger partial charge on any atom is 0.320 e. The van der Waals surface area contributed by atoms with E-state index in [0.29, 0.717) is 12.6 Å². The summed E-state index contributed by atoms with van der Waals surface area (Å²) in [5.74, 6) is -0.838. The van der Waals surface area contributed by atoms with E-state index in [2.05, 4.69) is 0 Å². The van der Waals surface area contributed by atoms with Gasteiger partial charge < -0.3 is 14.9 Å². The number of carbonyl (C=O) groups is 2. The van der Waals surface area contributed by atoms with E-state index in [1.807, 2.05) is 11.8 Å². The van der Waals surface area contributed by atoms with Gasteiger partial charge in [-0.3, -0.25) is 4.79 Å². The summed E-state index contributed by atoms with van der Waals surface area (Å²) in [6, 6.07) is 0.132. The van der Waals surface area contributed by atoms with Gasteiger partial charge in [0.25, 0.3) is 0 Å². The summed E-state index contributed by atoms with van der Waals surface area (Å²) < 4.78 is 0. The lowest BCUT2D eigenvalue weighted by Gasteiger charge is -2.25. The van der Waals surface area contributed by atoms with Crippen molar-refractivity contribution in [1.29, 1.82) is 0 Å². The molecule has 2 saturated heterocycles. The topological polar surface area (TPSA) is 60.9 Å². The van der Waals surface area contributed by atoms with Crippen molar-refractivity contribution in [2.75, 3.05) is 13.1 Å². The first-order valence-corrected chi connectivity index (χ1v) is 6.88. The molecule has 2 aliphatic rings. The average molecular weight is 254 g/mol. The third kappa shape index (κ3) is 2.76. The van der Waals surface area contributed by atoms with Crippen molar-refractivity contribution in [3.63, 3.8) is 0 Å². The number of nitrogens with zero attached hydrogens (tertiary/aromatic N) is 2. The molecule has 0 saturated carbocycles. The molecule has 0 unspecified atom stereocenters. The molecular weight excluding hydrogens is 232 g/mol. The number of rotatable bonds is 3. The summed E-state index contributed by atoms with van der Waals surface area (Å²) in [5.41, 5.74) is 0. The Balaban J connectivity index is 2.02. The van der Waals surface area contributed by atoms with Crippen LogP contribution in [0.25, 0.3) is 0 Å². The molecule has 2 fully saturated rings. The molecule has 0 aromatic heterocycles. The van der Waals surface area contributed by atoms with Crippen LogP contribution in [0.2, 0.25) is 0 Å². The first kappa shape index (κ1) is 13.2. The maximum absolute atomic E-state index is 12.3. The van der Waals surface area contributed by atoms with E-state index < -0.39 is 5.97 Å². The molecule has 0 bridgehead atoms. The number of carbonyl (C=O) groups excluding carboxylic acids is 1.